The number of amidine groups is 1. The van der Waals surface area contributed by atoms with Crippen LogP contribution in [0.3, 0.4) is 0 Å². The highest BCUT2D eigenvalue weighted by atomic mass is 19.1. The molecule has 1 aliphatic carbocycles. The number of halogens is 1. The molecule has 104 valence electrons. The van der Waals surface area contributed by atoms with E-state index in [-0.39, 0.29) is 11.7 Å². The van der Waals surface area contributed by atoms with Crippen LogP contribution in [0.2, 0.25) is 0 Å². The standard InChI is InChI=1S/C14H20FN3O/c1-18(9-10-4-2-3-5-10)13-7-6-11(15)8-12(13)14(16)17-19/h6-8,10,19H,2-5,9H2,1H3,(H2,16,17). The minimum Gasteiger partial charge on any atom is -0.409 e. The minimum atomic E-state index is -0.389. The van der Waals surface area contributed by atoms with Gasteiger partial charge in [0.2, 0.25) is 0 Å². The third-order valence-electron chi connectivity index (χ3n) is 3.76. The van der Waals surface area contributed by atoms with Crippen molar-refractivity contribution in [3.8, 4) is 0 Å². The fraction of sp³-hybridized carbons (Fsp3) is 0.500. The number of hydrogen-bond acceptors (Lipinski definition) is 3. The van der Waals surface area contributed by atoms with E-state index in [0.29, 0.717) is 11.5 Å². The van der Waals surface area contributed by atoms with Gasteiger partial charge in [-0.2, -0.15) is 0 Å². The molecule has 4 nitrogen and oxygen atoms in total. The average Bonchev–Trinajstić information content (AvgIpc) is 2.90. The lowest BCUT2D eigenvalue weighted by Gasteiger charge is -2.25. The maximum Gasteiger partial charge on any atom is 0.172 e. The van der Waals surface area contributed by atoms with Gasteiger partial charge in [-0.05, 0) is 37.0 Å². The monoisotopic (exact) mass is 265 g/mol. The summed E-state index contributed by atoms with van der Waals surface area (Å²) in [5.41, 5.74) is 6.84. The summed E-state index contributed by atoms with van der Waals surface area (Å²) in [5, 5.41) is 11.8. The van der Waals surface area contributed by atoms with Gasteiger partial charge in [-0.3, -0.25) is 0 Å². The summed E-state index contributed by atoms with van der Waals surface area (Å²) < 4.78 is 13.3. The zero-order valence-electron chi connectivity index (χ0n) is 11.1. The number of anilines is 1. The van der Waals surface area contributed by atoms with Gasteiger partial charge in [0.1, 0.15) is 5.82 Å². The molecule has 0 radical (unpaired) electrons. The smallest absolute Gasteiger partial charge is 0.172 e. The summed E-state index contributed by atoms with van der Waals surface area (Å²) in [6.45, 7) is 0.914. The molecule has 0 atom stereocenters. The van der Waals surface area contributed by atoms with Gasteiger partial charge in [-0.1, -0.05) is 18.0 Å². The zero-order chi connectivity index (χ0) is 13.8. The molecule has 1 aliphatic rings. The van der Waals surface area contributed by atoms with Crippen LogP contribution in [-0.2, 0) is 0 Å². The van der Waals surface area contributed by atoms with Crippen LogP contribution in [0.4, 0.5) is 10.1 Å². The van der Waals surface area contributed by atoms with Gasteiger partial charge in [-0.15, -0.1) is 0 Å². The van der Waals surface area contributed by atoms with Crippen LogP contribution in [0, 0.1) is 11.7 Å². The molecule has 0 aromatic heterocycles. The van der Waals surface area contributed by atoms with Crippen molar-refractivity contribution in [2.24, 2.45) is 16.8 Å². The lowest BCUT2D eigenvalue weighted by atomic mass is 10.1. The Kier molecular flexibility index (Phi) is 4.24. The summed E-state index contributed by atoms with van der Waals surface area (Å²) in [4.78, 5) is 2.06. The van der Waals surface area contributed by atoms with Gasteiger partial charge in [0, 0.05) is 24.8 Å². The number of hydrogen-bond donors (Lipinski definition) is 2. The van der Waals surface area contributed by atoms with E-state index in [4.69, 9.17) is 10.9 Å². The fourth-order valence-corrected chi connectivity index (χ4v) is 2.78. The predicted octanol–water partition coefficient (Wildman–Crippen LogP) is 2.55. The van der Waals surface area contributed by atoms with E-state index in [1.807, 2.05) is 7.05 Å². The summed E-state index contributed by atoms with van der Waals surface area (Å²) in [5.74, 6) is 0.225. The number of nitrogens with zero attached hydrogens (tertiary/aromatic N) is 2. The SMILES string of the molecule is CN(CC1CCCC1)c1ccc(F)cc1/C(N)=N/O. The van der Waals surface area contributed by atoms with E-state index in [9.17, 15) is 4.39 Å². The van der Waals surface area contributed by atoms with Crippen LogP contribution in [0.25, 0.3) is 0 Å². The molecule has 0 unspecified atom stereocenters. The number of nitrogens with two attached hydrogens (primary N) is 1. The van der Waals surface area contributed by atoms with E-state index in [1.54, 1.807) is 6.07 Å². The van der Waals surface area contributed by atoms with Gasteiger partial charge in [0.05, 0.1) is 0 Å². The molecule has 1 aromatic carbocycles. The Morgan fingerprint density at radius 3 is 2.79 bits per heavy atom. The molecule has 5 heteroatoms. The third-order valence-corrected chi connectivity index (χ3v) is 3.76. The predicted molar refractivity (Wildman–Crippen MR) is 74.1 cm³/mol. The Labute approximate surface area is 112 Å². The van der Waals surface area contributed by atoms with Crippen LogP contribution in [0.5, 0.6) is 0 Å². The van der Waals surface area contributed by atoms with Gasteiger partial charge >= 0.3 is 0 Å². The van der Waals surface area contributed by atoms with Crippen molar-refractivity contribution < 1.29 is 9.60 Å². The molecule has 19 heavy (non-hydrogen) atoms. The lowest BCUT2D eigenvalue weighted by Crippen LogP contribution is -2.27. The molecule has 1 fully saturated rings. The molecular weight excluding hydrogens is 245 g/mol. The highest BCUT2D eigenvalue weighted by molar-refractivity contribution is 6.02. The Balaban J connectivity index is 2.22. The Morgan fingerprint density at radius 1 is 1.47 bits per heavy atom. The van der Waals surface area contributed by atoms with Crippen molar-refractivity contribution in [2.45, 2.75) is 25.7 Å². The molecule has 0 saturated heterocycles. The van der Waals surface area contributed by atoms with E-state index in [2.05, 4.69) is 10.1 Å². The normalized spacial score (nSPS) is 16.8. The molecular formula is C14H20FN3O. The number of rotatable bonds is 4. The molecule has 1 aromatic rings. The topological polar surface area (TPSA) is 61.8 Å². The van der Waals surface area contributed by atoms with Crippen LogP contribution >= 0.6 is 0 Å². The highest BCUT2D eigenvalue weighted by Crippen LogP contribution is 2.28. The molecule has 3 N–H and O–H groups in total. The largest absolute Gasteiger partial charge is 0.409 e. The molecule has 0 amide bonds. The molecule has 0 bridgehead atoms. The maximum atomic E-state index is 13.3. The third kappa shape index (κ3) is 3.16. The second-order valence-electron chi connectivity index (χ2n) is 5.18. The lowest BCUT2D eigenvalue weighted by molar-refractivity contribution is 0.318. The van der Waals surface area contributed by atoms with Crippen LogP contribution in [0.1, 0.15) is 31.2 Å². The van der Waals surface area contributed by atoms with Crippen LogP contribution in [0.15, 0.2) is 23.4 Å². The molecule has 1 saturated carbocycles. The highest BCUT2D eigenvalue weighted by Gasteiger charge is 2.19. The Hall–Kier alpha value is -1.78. The molecule has 0 spiro atoms. The molecule has 0 aliphatic heterocycles. The van der Waals surface area contributed by atoms with E-state index < -0.39 is 0 Å². The average molecular weight is 265 g/mol. The van der Waals surface area contributed by atoms with Crippen LogP contribution in [-0.4, -0.2) is 24.6 Å². The van der Waals surface area contributed by atoms with Crippen molar-refractivity contribution >= 4 is 11.5 Å². The van der Waals surface area contributed by atoms with Crippen molar-refractivity contribution in [1.29, 1.82) is 0 Å². The van der Waals surface area contributed by atoms with Crippen molar-refractivity contribution in [3.63, 3.8) is 0 Å². The van der Waals surface area contributed by atoms with Crippen molar-refractivity contribution in [1.82, 2.24) is 0 Å². The molecule has 0 heterocycles. The first-order valence-electron chi connectivity index (χ1n) is 6.60. The zero-order valence-corrected chi connectivity index (χ0v) is 11.1. The Bertz CT molecular complexity index is 470. The maximum absolute atomic E-state index is 13.3. The van der Waals surface area contributed by atoms with Gasteiger partial charge in [0.25, 0.3) is 0 Å². The second-order valence-corrected chi connectivity index (χ2v) is 5.18. The summed E-state index contributed by atoms with van der Waals surface area (Å²) in [6, 6.07) is 4.38. The first-order chi connectivity index (χ1) is 9.11. The van der Waals surface area contributed by atoms with Crippen molar-refractivity contribution in [3.05, 3.63) is 29.6 Å². The summed E-state index contributed by atoms with van der Waals surface area (Å²) in [7, 11) is 1.96. The van der Waals surface area contributed by atoms with Crippen LogP contribution < -0.4 is 10.6 Å². The summed E-state index contributed by atoms with van der Waals surface area (Å²) in [6.07, 6.45) is 5.05. The van der Waals surface area contributed by atoms with Gasteiger partial charge in [0.15, 0.2) is 5.84 Å². The van der Waals surface area contributed by atoms with Gasteiger partial charge < -0.3 is 15.8 Å². The van der Waals surface area contributed by atoms with Crippen molar-refractivity contribution in [2.75, 3.05) is 18.5 Å². The number of benzene rings is 1. The second kappa shape index (κ2) is 5.91. The van der Waals surface area contributed by atoms with E-state index in [0.717, 1.165) is 12.2 Å². The number of oxime groups is 1. The fourth-order valence-electron chi connectivity index (χ4n) is 2.78. The van der Waals surface area contributed by atoms with Gasteiger partial charge in [-0.25, -0.2) is 4.39 Å². The quantitative estimate of drug-likeness (QED) is 0.380. The Morgan fingerprint density at radius 2 is 2.16 bits per heavy atom. The first kappa shape index (κ1) is 13.6. The minimum absolute atomic E-state index is 0.0622. The summed E-state index contributed by atoms with van der Waals surface area (Å²) >= 11 is 0. The van der Waals surface area contributed by atoms with E-state index >= 15 is 0 Å². The first-order valence-corrected chi connectivity index (χ1v) is 6.60. The van der Waals surface area contributed by atoms with E-state index in [1.165, 1.54) is 37.8 Å². The molecule has 2 rings (SSSR count).